The molecule has 6 heteroatoms. The number of esters is 1. The quantitative estimate of drug-likeness (QED) is 0.467. The average Bonchev–Trinajstić information content (AvgIpc) is 2.44. The number of para-hydroxylation sites is 1. The van der Waals surface area contributed by atoms with E-state index in [1.807, 2.05) is 0 Å². The van der Waals surface area contributed by atoms with Crippen molar-refractivity contribution in [2.75, 3.05) is 13.7 Å². The van der Waals surface area contributed by atoms with Crippen molar-refractivity contribution in [1.82, 2.24) is 0 Å². The first-order chi connectivity index (χ1) is 9.17. The van der Waals surface area contributed by atoms with Gasteiger partial charge in [0.05, 0.1) is 12.7 Å². The third-order valence-electron chi connectivity index (χ3n) is 2.49. The first kappa shape index (κ1) is 12.8. The Labute approximate surface area is 107 Å². The number of carbonyl (C=O) groups is 2. The van der Waals surface area contributed by atoms with Gasteiger partial charge in [-0.15, -0.1) is 0 Å². The van der Waals surface area contributed by atoms with Crippen LogP contribution in [0.2, 0.25) is 0 Å². The largest absolute Gasteiger partial charge is 0.474 e. The minimum atomic E-state index is -0.815. The molecule has 2 rings (SSSR count). The molecule has 0 atom stereocenters. The Bertz CT molecular complexity index is 685. The zero-order chi connectivity index (χ0) is 13.8. The molecule has 1 aromatic carbocycles. The molecule has 0 saturated heterocycles. The second kappa shape index (κ2) is 5.34. The van der Waals surface area contributed by atoms with Crippen molar-refractivity contribution in [3.8, 4) is 5.75 Å². The van der Waals surface area contributed by atoms with E-state index in [0.29, 0.717) is 11.7 Å². The minimum Gasteiger partial charge on any atom is -0.474 e. The maximum atomic E-state index is 11.7. The fourth-order valence-electron chi connectivity index (χ4n) is 1.60. The molecule has 6 nitrogen and oxygen atoms in total. The van der Waals surface area contributed by atoms with Crippen LogP contribution in [0.25, 0.3) is 11.0 Å². The Morgan fingerprint density at radius 2 is 2.11 bits per heavy atom. The van der Waals surface area contributed by atoms with E-state index in [1.165, 1.54) is 7.11 Å². The predicted molar refractivity (Wildman–Crippen MR) is 65.4 cm³/mol. The van der Waals surface area contributed by atoms with Crippen LogP contribution in [0, 0.1) is 0 Å². The number of fused-ring (bicyclic) bond motifs is 1. The summed E-state index contributed by atoms with van der Waals surface area (Å²) in [6, 6.07) is 6.55. The summed E-state index contributed by atoms with van der Waals surface area (Å²) in [5.41, 5.74) is -0.486. The van der Waals surface area contributed by atoms with Crippen LogP contribution in [-0.2, 0) is 9.53 Å². The number of carbonyl (C=O) groups excluding carboxylic acids is 2. The summed E-state index contributed by atoms with van der Waals surface area (Å²) in [5, 5.41) is 0.442. The number of aldehydes is 1. The van der Waals surface area contributed by atoms with Crippen molar-refractivity contribution < 1.29 is 23.5 Å². The molecular weight excluding hydrogens is 252 g/mol. The lowest BCUT2D eigenvalue weighted by molar-refractivity contribution is -0.142. The van der Waals surface area contributed by atoms with Crippen LogP contribution in [0.5, 0.6) is 5.75 Å². The summed E-state index contributed by atoms with van der Waals surface area (Å²) < 4.78 is 14.4. The van der Waals surface area contributed by atoms with Crippen LogP contribution >= 0.6 is 0 Å². The molecule has 0 bridgehead atoms. The molecule has 0 aliphatic rings. The zero-order valence-electron chi connectivity index (χ0n) is 10.0. The molecule has 0 aliphatic heterocycles. The van der Waals surface area contributed by atoms with E-state index in [-0.39, 0.29) is 16.9 Å². The van der Waals surface area contributed by atoms with Gasteiger partial charge in [-0.3, -0.25) is 4.79 Å². The lowest BCUT2D eigenvalue weighted by atomic mass is 10.1. The van der Waals surface area contributed by atoms with E-state index in [9.17, 15) is 14.4 Å². The Hall–Kier alpha value is -2.63. The maximum absolute atomic E-state index is 11.7. The van der Waals surface area contributed by atoms with Gasteiger partial charge in [-0.25, -0.2) is 9.59 Å². The highest BCUT2D eigenvalue weighted by atomic mass is 16.6. The van der Waals surface area contributed by atoms with Crippen LogP contribution in [0.1, 0.15) is 10.4 Å². The van der Waals surface area contributed by atoms with Gasteiger partial charge in [-0.05, 0) is 6.07 Å². The molecule has 0 amide bonds. The van der Waals surface area contributed by atoms with E-state index < -0.39 is 18.2 Å². The summed E-state index contributed by atoms with van der Waals surface area (Å²) in [7, 11) is 1.19. The van der Waals surface area contributed by atoms with Crippen LogP contribution in [-0.4, -0.2) is 26.0 Å². The molecule has 0 N–H and O–H groups in total. The monoisotopic (exact) mass is 262 g/mol. The molecule has 0 radical (unpaired) electrons. The number of hydrogen-bond donors (Lipinski definition) is 0. The molecule has 98 valence electrons. The molecule has 0 spiro atoms. The van der Waals surface area contributed by atoms with E-state index in [4.69, 9.17) is 9.15 Å². The summed E-state index contributed by atoms with van der Waals surface area (Å²) in [5.74, 6) is -0.955. The first-order valence-electron chi connectivity index (χ1n) is 5.38. The van der Waals surface area contributed by atoms with Crippen LogP contribution in [0.3, 0.4) is 0 Å². The number of ether oxygens (including phenoxy) is 2. The number of methoxy groups -OCH3 is 1. The van der Waals surface area contributed by atoms with E-state index in [1.54, 1.807) is 24.3 Å². The summed E-state index contributed by atoms with van der Waals surface area (Å²) in [6.07, 6.45) is 0.492. The average molecular weight is 262 g/mol. The van der Waals surface area contributed by atoms with E-state index in [2.05, 4.69) is 4.74 Å². The fourth-order valence-corrected chi connectivity index (χ4v) is 1.60. The van der Waals surface area contributed by atoms with Gasteiger partial charge in [0.25, 0.3) is 0 Å². The smallest absolute Gasteiger partial charge is 0.379 e. The van der Waals surface area contributed by atoms with Crippen molar-refractivity contribution in [3.05, 3.63) is 40.2 Å². The highest BCUT2D eigenvalue weighted by Crippen LogP contribution is 2.22. The Balaban J connectivity index is 2.53. The van der Waals surface area contributed by atoms with Gasteiger partial charge in [0.2, 0.25) is 5.75 Å². The van der Waals surface area contributed by atoms with Crippen molar-refractivity contribution in [2.24, 2.45) is 0 Å². The molecule has 1 heterocycles. The van der Waals surface area contributed by atoms with Gasteiger partial charge in [0, 0.05) is 5.39 Å². The number of benzene rings is 1. The van der Waals surface area contributed by atoms with Crippen molar-refractivity contribution in [3.63, 3.8) is 0 Å². The molecule has 0 saturated carbocycles. The summed E-state index contributed by atoms with van der Waals surface area (Å²) in [6.45, 7) is -0.472. The Kier molecular flexibility index (Phi) is 3.61. The Morgan fingerprint density at radius 1 is 1.37 bits per heavy atom. The van der Waals surface area contributed by atoms with Gasteiger partial charge in [0.1, 0.15) is 5.58 Å². The van der Waals surface area contributed by atoms with Gasteiger partial charge < -0.3 is 13.9 Å². The molecule has 2 aromatic rings. The van der Waals surface area contributed by atoms with Crippen LogP contribution < -0.4 is 10.4 Å². The third kappa shape index (κ3) is 2.47. The molecule has 0 unspecified atom stereocenters. The Morgan fingerprint density at radius 3 is 2.79 bits per heavy atom. The van der Waals surface area contributed by atoms with Gasteiger partial charge in [-0.2, -0.15) is 0 Å². The number of hydrogen-bond acceptors (Lipinski definition) is 6. The van der Waals surface area contributed by atoms with Crippen molar-refractivity contribution in [2.45, 2.75) is 0 Å². The SMILES string of the molecule is COC(=O)COc1c(C=O)c2ccccc2oc1=O. The molecular formula is C13H10O6. The van der Waals surface area contributed by atoms with Crippen LogP contribution in [0.15, 0.2) is 33.5 Å². The van der Waals surface area contributed by atoms with Crippen molar-refractivity contribution in [1.29, 1.82) is 0 Å². The highest BCUT2D eigenvalue weighted by molar-refractivity contribution is 5.98. The lowest BCUT2D eigenvalue weighted by Gasteiger charge is -2.07. The van der Waals surface area contributed by atoms with Gasteiger partial charge in [-0.1, -0.05) is 18.2 Å². The molecule has 0 aliphatic carbocycles. The first-order valence-corrected chi connectivity index (χ1v) is 5.38. The summed E-state index contributed by atoms with van der Waals surface area (Å²) >= 11 is 0. The second-order valence-electron chi connectivity index (χ2n) is 3.61. The summed E-state index contributed by atoms with van der Waals surface area (Å²) in [4.78, 5) is 33.8. The van der Waals surface area contributed by atoms with Gasteiger partial charge >= 0.3 is 11.6 Å². The lowest BCUT2D eigenvalue weighted by Crippen LogP contribution is -2.18. The fraction of sp³-hybridized carbons (Fsp3) is 0.154. The minimum absolute atomic E-state index is 0.0516. The van der Waals surface area contributed by atoms with Gasteiger partial charge in [0.15, 0.2) is 12.9 Å². The van der Waals surface area contributed by atoms with E-state index in [0.717, 1.165) is 0 Å². The van der Waals surface area contributed by atoms with Crippen molar-refractivity contribution >= 4 is 23.2 Å². The normalized spacial score (nSPS) is 10.2. The van der Waals surface area contributed by atoms with Crippen LogP contribution in [0.4, 0.5) is 0 Å². The third-order valence-corrected chi connectivity index (χ3v) is 2.49. The number of rotatable bonds is 4. The predicted octanol–water partition coefficient (Wildman–Crippen LogP) is 1.16. The molecule has 0 fully saturated rings. The molecule has 19 heavy (non-hydrogen) atoms. The second-order valence-corrected chi connectivity index (χ2v) is 3.61. The standard InChI is InChI=1S/C13H10O6/c1-17-11(15)7-18-12-9(6-14)8-4-2-3-5-10(8)19-13(12)16/h2-6H,7H2,1H3. The zero-order valence-corrected chi connectivity index (χ0v) is 10.0. The highest BCUT2D eigenvalue weighted by Gasteiger charge is 2.16. The topological polar surface area (TPSA) is 82.8 Å². The van der Waals surface area contributed by atoms with E-state index >= 15 is 0 Å². The maximum Gasteiger partial charge on any atom is 0.379 e. The molecule has 1 aromatic heterocycles.